The van der Waals surface area contributed by atoms with Crippen LogP contribution < -0.4 is 5.32 Å². The third-order valence-corrected chi connectivity index (χ3v) is 4.62. The van der Waals surface area contributed by atoms with Crippen LogP contribution in [0.3, 0.4) is 0 Å². The van der Waals surface area contributed by atoms with Crippen molar-refractivity contribution in [3.05, 3.63) is 41.1 Å². The van der Waals surface area contributed by atoms with E-state index >= 15 is 0 Å². The predicted molar refractivity (Wildman–Crippen MR) is 92.7 cm³/mol. The fourth-order valence-corrected chi connectivity index (χ4v) is 3.00. The second-order valence-corrected chi connectivity index (χ2v) is 7.30. The molecule has 1 aromatic heterocycles. The van der Waals surface area contributed by atoms with Crippen LogP contribution in [0.4, 0.5) is 5.69 Å². The Morgan fingerprint density at radius 3 is 2.83 bits per heavy atom. The molecule has 8 heteroatoms. The molecular weight excluding hydrogens is 382 g/mol. The van der Waals surface area contributed by atoms with Crippen molar-refractivity contribution in [2.75, 3.05) is 11.1 Å². The smallest absolute Gasteiger partial charge is 0.331 e. The number of rotatable bonds is 6. The van der Waals surface area contributed by atoms with Crippen LogP contribution in [0.2, 0.25) is 0 Å². The van der Waals surface area contributed by atoms with Crippen molar-refractivity contribution in [2.24, 2.45) is 0 Å². The van der Waals surface area contributed by atoms with Crippen molar-refractivity contribution >= 4 is 45.3 Å². The molecule has 2 aromatic rings. The zero-order valence-electron chi connectivity index (χ0n) is 12.6. The summed E-state index contributed by atoms with van der Waals surface area (Å²) >= 11 is 4.80. The van der Waals surface area contributed by atoms with Gasteiger partial charge in [-0.15, -0.1) is 11.8 Å². The molecule has 2 N–H and O–H groups in total. The van der Waals surface area contributed by atoms with Crippen LogP contribution in [-0.2, 0) is 15.1 Å². The van der Waals surface area contributed by atoms with Gasteiger partial charge < -0.3 is 10.4 Å². The number of aliphatic carboxylic acids is 1. The Bertz CT molecular complexity index is 730. The van der Waals surface area contributed by atoms with Gasteiger partial charge in [-0.2, -0.15) is 5.10 Å². The number of hydrogen-bond donors (Lipinski definition) is 2. The lowest BCUT2D eigenvalue weighted by atomic mass is 10.1. The van der Waals surface area contributed by atoms with Crippen LogP contribution in [0, 0.1) is 0 Å². The molecule has 23 heavy (non-hydrogen) atoms. The van der Waals surface area contributed by atoms with E-state index < -0.39 is 11.5 Å². The molecule has 0 saturated heterocycles. The van der Waals surface area contributed by atoms with Crippen molar-refractivity contribution < 1.29 is 14.7 Å². The highest BCUT2D eigenvalue weighted by Gasteiger charge is 2.30. The van der Waals surface area contributed by atoms with Gasteiger partial charge in [0.05, 0.1) is 17.6 Å². The molecule has 0 unspecified atom stereocenters. The van der Waals surface area contributed by atoms with Gasteiger partial charge in [0.2, 0.25) is 5.91 Å². The molecule has 6 nitrogen and oxygen atoms in total. The third kappa shape index (κ3) is 4.59. The van der Waals surface area contributed by atoms with E-state index in [0.29, 0.717) is 5.69 Å². The second kappa shape index (κ2) is 7.18. The molecule has 0 saturated carbocycles. The van der Waals surface area contributed by atoms with Gasteiger partial charge >= 0.3 is 5.97 Å². The first-order valence-corrected chi connectivity index (χ1v) is 8.53. The van der Waals surface area contributed by atoms with Crippen LogP contribution in [-0.4, -0.2) is 32.5 Å². The van der Waals surface area contributed by atoms with Gasteiger partial charge in [-0.05, 0) is 32.0 Å². The number of anilines is 1. The lowest BCUT2D eigenvalue weighted by Crippen LogP contribution is -2.35. The Balaban J connectivity index is 1.93. The Morgan fingerprint density at radius 1 is 1.43 bits per heavy atom. The molecule has 0 spiro atoms. The number of benzene rings is 1. The minimum atomic E-state index is -1.17. The fourth-order valence-electron chi connectivity index (χ4n) is 1.69. The highest BCUT2D eigenvalue weighted by molar-refractivity contribution is 9.10. The van der Waals surface area contributed by atoms with E-state index in [1.54, 1.807) is 0 Å². The lowest BCUT2D eigenvalue weighted by molar-refractivity contribution is -0.146. The molecule has 0 bridgehead atoms. The second-order valence-electron chi connectivity index (χ2n) is 5.33. The highest BCUT2D eigenvalue weighted by atomic mass is 79.9. The maximum absolute atomic E-state index is 12.0. The molecule has 1 aromatic carbocycles. The summed E-state index contributed by atoms with van der Waals surface area (Å²) in [6.45, 7) is 3.08. The van der Waals surface area contributed by atoms with Gasteiger partial charge in [0.15, 0.2) is 5.54 Å². The number of thioether (sulfide) groups is 1. The topological polar surface area (TPSA) is 84.2 Å². The highest BCUT2D eigenvalue weighted by Crippen LogP contribution is 2.22. The number of nitrogens with one attached hydrogen (secondary N) is 1. The van der Waals surface area contributed by atoms with Crippen LogP contribution >= 0.6 is 27.7 Å². The molecule has 1 heterocycles. The van der Waals surface area contributed by atoms with Crippen LogP contribution in [0.15, 0.2) is 46.0 Å². The normalized spacial score (nSPS) is 11.3. The molecule has 122 valence electrons. The summed E-state index contributed by atoms with van der Waals surface area (Å²) in [5.41, 5.74) is -0.701. The Hall–Kier alpha value is -1.80. The number of carboxylic acids is 1. The molecule has 0 atom stereocenters. The average molecular weight is 398 g/mol. The number of carbonyl (C=O) groups is 2. The van der Waals surface area contributed by atoms with Crippen molar-refractivity contribution in [1.29, 1.82) is 0 Å². The van der Waals surface area contributed by atoms with Gasteiger partial charge in [0.25, 0.3) is 0 Å². The summed E-state index contributed by atoms with van der Waals surface area (Å²) in [6.07, 6.45) is 2.95. The number of aromatic nitrogens is 2. The average Bonchev–Trinajstić information content (AvgIpc) is 2.94. The standard InChI is InChI=1S/C15H16BrN3O3S/c1-15(2,14(21)22)19-8-11(7-17-19)18-13(20)9-23-12-5-3-4-10(16)6-12/h3-8H,9H2,1-2H3,(H,18,20)(H,21,22). The van der Waals surface area contributed by atoms with Crippen molar-refractivity contribution in [3.8, 4) is 0 Å². The van der Waals surface area contributed by atoms with Gasteiger partial charge in [-0.1, -0.05) is 22.0 Å². The Kier molecular flexibility index (Phi) is 5.48. The number of amides is 1. The molecule has 0 aliphatic heterocycles. The summed E-state index contributed by atoms with van der Waals surface area (Å²) < 4.78 is 2.27. The molecular formula is C15H16BrN3O3S. The number of halogens is 1. The van der Waals surface area contributed by atoms with E-state index in [0.717, 1.165) is 9.37 Å². The van der Waals surface area contributed by atoms with E-state index in [-0.39, 0.29) is 11.7 Å². The van der Waals surface area contributed by atoms with Crippen LogP contribution in [0.25, 0.3) is 0 Å². The largest absolute Gasteiger partial charge is 0.479 e. The molecule has 2 rings (SSSR count). The first-order valence-electron chi connectivity index (χ1n) is 6.76. The van der Waals surface area contributed by atoms with Crippen LogP contribution in [0.5, 0.6) is 0 Å². The molecule has 0 aliphatic carbocycles. The summed E-state index contributed by atoms with van der Waals surface area (Å²) in [5.74, 6) is -0.921. The lowest BCUT2D eigenvalue weighted by Gasteiger charge is -2.19. The summed E-state index contributed by atoms with van der Waals surface area (Å²) in [7, 11) is 0. The van der Waals surface area contributed by atoms with Gasteiger partial charge in [0.1, 0.15) is 0 Å². The van der Waals surface area contributed by atoms with Crippen molar-refractivity contribution in [2.45, 2.75) is 24.3 Å². The maximum Gasteiger partial charge on any atom is 0.331 e. The van der Waals surface area contributed by atoms with E-state index in [4.69, 9.17) is 5.11 Å². The van der Waals surface area contributed by atoms with E-state index in [1.165, 1.54) is 42.7 Å². The van der Waals surface area contributed by atoms with Crippen molar-refractivity contribution in [1.82, 2.24) is 9.78 Å². The summed E-state index contributed by atoms with van der Waals surface area (Å²) in [6, 6.07) is 7.69. The summed E-state index contributed by atoms with van der Waals surface area (Å²) in [5, 5.41) is 15.9. The molecule has 0 radical (unpaired) electrons. The zero-order valence-corrected chi connectivity index (χ0v) is 15.0. The number of hydrogen-bond acceptors (Lipinski definition) is 4. The monoisotopic (exact) mass is 397 g/mol. The minimum absolute atomic E-state index is 0.178. The summed E-state index contributed by atoms with van der Waals surface area (Å²) in [4.78, 5) is 24.1. The Labute approximate surface area is 146 Å². The van der Waals surface area contributed by atoms with Gasteiger partial charge in [-0.3, -0.25) is 9.48 Å². The Morgan fingerprint density at radius 2 is 2.17 bits per heavy atom. The van der Waals surface area contributed by atoms with E-state index in [9.17, 15) is 9.59 Å². The number of nitrogens with zero attached hydrogens (tertiary/aromatic N) is 2. The fraction of sp³-hybridized carbons (Fsp3) is 0.267. The third-order valence-electron chi connectivity index (χ3n) is 3.13. The first kappa shape index (κ1) is 17.6. The van der Waals surface area contributed by atoms with Crippen molar-refractivity contribution in [3.63, 3.8) is 0 Å². The SMILES string of the molecule is CC(C)(C(=O)O)n1cc(NC(=O)CSc2cccc(Br)c2)cn1. The van der Waals surface area contributed by atoms with Gasteiger partial charge in [0, 0.05) is 15.6 Å². The zero-order chi connectivity index (χ0) is 17.0. The quantitative estimate of drug-likeness (QED) is 0.731. The molecule has 0 fully saturated rings. The van der Waals surface area contributed by atoms with E-state index in [1.807, 2.05) is 24.3 Å². The minimum Gasteiger partial charge on any atom is -0.479 e. The predicted octanol–water partition coefficient (Wildman–Crippen LogP) is 3.20. The van der Waals surface area contributed by atoms with Crippen LogP contribution in [0.1, 0.15) is 13.8 Å². The van der Waals surface area contributed by atoms with E-state index in [2.05, 4.69) is 26.3 Å². The first-order chi connectivity index (χ1) is 10.8. The number of carboxylic acid groups (broad SMARTS) is 1. The molecule has 0 aliphatic rings. The van der Waals surface area contributed by atoms with Gasteiger partial charge in [-0.25, -0.2) is 4.79 Å². The maximum atomic E-state index is 12.0. The molecule has 1 amide bonds. The number of carbonyl (C=O) groups excluding carboxylic acids is 1.